The lowest BCUT2D eigenvalue weighted by Crippen LogP contribution is -2.37. The summed E-state index contributed by atoms with van der Waals surface area (Å²) in [6, 6.07) is 6.20. The van der Waals surface area contributed by atoms with Crippen LogP contribution < -0.4 is 4.90 Å². The zero-order valence-electron chi connectivity index (χ0n) is 15.4. The molecule has 1 aliphatic heterocycles. The molecule has 0 bridgehead atoms. The van der Waals surface area contributed by atoms with Crippen LogP contribution >= 0.6 is 11.3 Å². The van der Waals surface area contributed by atoms with Crippen LogP contribution in [0.25, 0.3) is 21.2 Å². The first-order chi connectivity index (χ1) is 13.1. The Morgan fingerprint density at radius 1 is 1.33 bits per heavy atom. The molecule has 0 aliphatic carbocycles. The highest BCUT2D eigenvalue weighted by Crippen LogP contribution is 2.38. The number of carbonyl (C=O) groups is 1. The van der Waals surface area contributed by atoms with Crippen molar-refractivity contribution in [3.05, 3.63) is 40.4 Å². The minimum absolute atomic E-state index is 0.437. The molecule has 4 rings (SSSR count). The second-order valence-corrected chi connectivity index (χ2v) is 7.61. The molecule has 0 saturated carbocycles. The average Bonchev–Trinajstić information content (AvgIpc) is 3.04. The number of morpholine rings is 1. The predicted molar refractivity (Wildman–Crippen MR) is 107 cm³/mol. The molecule has 0 radical (unpaired) electrons. The van der Waals surface area contributed by atoms with E-state index in [-0.39, 0.29) is 0 Å². The van der Waals surface area contributed by atoms with E-state index in [0.29, 0.717) is 24.5 Å². The van der Waals surface area contributed by atoms with E-state index in [0.717, 1.165) is 51.2 Å². The van der Waals surface area contributed by atoms with Gasteiger partial charge < -0.3 is 14.7 Å². The van der Waals surface area contributed by atoms with Gasteiger partial charge in [-0.2, -0.15) is 5.10 Å². The van der Waals surface area contributed by atoms with Crippen molar-refractivity contribution >= 4 is 33.9 Å². The fraction of sp³-hybridized carbons (Fsp3) is 0.350. The molecular formula is C20H21N3O3S. The third-order valence-corrected chi connectivity index (χ3v) is 6.40. The van der Waals surface area contributed by atoms with Gasteiger partial charge in [0.25, 0.3) is 0 Å². The maximum atomic E-state index is 11.6. The number of aromatic nitrogens is 2. The van der Waals surface area contributed by atoms with Gasteiger partial charge in [0.2, 0.25) is 0 Å². The Morgan fingerprint density at radius 3 is 2.78 bits per heavy atom. The van der Waals surface area contributed by atoms with Crippen molar-refractivity contribution in [2.75, 3.05) is 31.2 Å². The van der Waals surface area contributed by atoms with E-state index in [4.69, 9.17) is 4.74 Å². The van der Waals surface area contributed by atoms with Crippen LogP contribution in [0, 0.1) is 6.92 Å². The lowest BCUT2D eigenvalue weighted by Gasteiger charge is -2.28. The number of ether oxygens (including phenoxy) is 1. The summed E-state index contributed by atoms with van der Waals surface area (Å²) in [5.74, 6) is 0.0261. The van der Waals surface area contributed by atoms with Gasteiger partial charge in [-0.3, -0.25) is 0 Å². The molecule has 0 spiro atoms. The summed E-state index contributed by atoms with van der Waals surface area (Å²) in [4.78, 5) is 15.2. The van der Waals surface area contributed by atoms with Gasteiger partial charge in [-0.25, -0.2) is 4.79 Å². The number of anilines is 1. The van der Waals surface area contributed by atoms with Crippen LogP contribution in [0.15, 0.2) is 24.4 Å². The highest BCUT2D eigenvalue weighted by molar-refractivity contribution is 7.17. The molecule has 140 valence electrons. The number of thiophene rings is 1. The van der Waals surface area contributed by atoms with E-state index in [1.165, 1.54) is 11.3 Å². The largest absolute Gasteiger partial charge is 0.477 e. The topological polar surface area (TPSA) is 75.5 Å². The number of aromatic carboxylic acids is 1. The number of carboxylic acid groups (broad SMARTS) is 1. The smallest absolute Gasteiger partial charge is 0.346 e. The normalized spacial score (nSPS) is 14.7. The summed E-state index contributed by atoms with van der Waals surface area (Å²) >= 11 is 1.35. The highest BCUT2D eigenvalue weighted by Gasteiger charge is 2.21. The number of hydrogen-bond acceptors (Lipinski definition) is 6. The van der Waals surface area contributed by atoms with E-state index in [9.17, 15) is 9.90 Å². The number of fused-ring (bicyclic) bond motifs is 1. The summed E-state index contributed by atoms with van der Waals surface area (Å²) in [7, 11) is 0. The minimum atomic E-state index is -0.854. The molecule has 0 unspecified atom stereocenters. The second kappa shape index (κ2) is 7.25. The van der Waals surface area contributed by atoms with E-state index in [1.807, 2.05) is 13.8 Å². The van der Waals surface area contributed by atoms with E-state index in [1.54, 1.807) is 6.20 Å². The van der Waals surface area contributed by atoms with Crippen LogP contribution in [-0.2, 0) is 11.2 Å². The molecule has 0 amide bonds. The Balaban J connectivity index is 1.80. The lowest BCUT2D eigenvalue weighted by molar-refractivity contribution is 0.0701. The highest BCUT2D eigenvalue weighted by atomic mass is 32.1. The van der Waals surface area contributed by atoms with E-state index >= 15 is 0 Å². The first-order valence-corrected chi connectivity index (χ1v) is 9.86. The lowest BCUT2D eigenvalue weighted by atomic mass is 10.0. The summed E-state index contributed by atoms with van der Waals surface area (Å²) in [6.45, 7) is 7.01. The Morgan fingerprint density at radius 2 is 2.11 bits per heavy atom. The maximum Gasteiger partial charge on any atom is 0.346 e. The van der Waals surface area contributed by atoms with E-state index in [2.05, 4.69) is 33.3 Å². The number of carboxylic acids is 1. The van der Waals surface area contributed by atoms with Gasteiger partial charge in [0.15, 0.2) is 5.82 Å². The number of benzene rings is 1. The molecule has 3 heterocycles. The second-order valence-electron chi connectivity index (χ2n) is 6.59. The van der Waals surface area contributed by atoms with Gasteiger partial charge in [-0.05, 0) is 42.2 Å². The van der Waals surface area contributed by atoms with Crippen LogP contribution in [0.1, 0.15) is 27.7 Å². The number of hydrogen-bond donors (Lipinski definition) is 1. The molecule has 6 nitrogen and oxygen atoms in total. The molecule has 27 heavy (non-hydrogen) atoms. The Bertz CT molecular complexity index is 1010. The van der Waals surface area contributed by atoms with Gasteiger partial charge in [-0.15, -0.1) is 16.4 Å². The van der Waals surface area contributed by atoms with Crippen molar-refractivity contribution in [3.8, 4) is 10.4 Å². The molecule has 2 aromatic heterocycles. The van der Waals surface area contributed by atoms with E-state index < -0.39 is 5.97 Å². The van der Waals surface area contributed by atoms with Crippen molar-refractivity contribution in [1.82, 2.24) is 10.2 Å². The molecule has 1 aromatic carbocycles. The SMILES string of the molecule is CCc1c(C(=O)O)sc(-c2ccc3c(N4CCOCC4)nncc3c2)c1C. The molecule has 0 atom stereocenters. The Hall–Kier alpha value is -2.51. The van der Waals surface area contributed by atoms with Crippen molar-refractivity contribution in [1.29, 1.82) is 0 Å². The molecule has 1 saturated heterocycles. The molecule has 7 heteroatoms. The first-order valence-electron chi connectivity index (χ1n) is 9.04. The van der Waals surface area contributed by atoms with Gasteiger partial charge in [0.1, 0.15) is 4.88 Å². The quantitative estimate of drug-likeness (QED) is 0.739. The summed E-state index contributed by atoms with van der Waals surface area (Å²) in [5.41, 5.74) is 2.99. The predicted octanol–water partition coefficient (Wildman–Crippen LogP) is 3.76. The monoisotopic (exact) mass is 383 g/mol. The van der Waals surface area contributed by atoms with Crippen molar-refractivity contribution in [3.63, 3.8) is 0 Å². The number of rotatable bonds is 4. The van der Waals surface area contributed by atoms with Crippen LogP contribution in [-0.4, -0.2) is 47.6 Å². The Kier molecular flexibility index (Phi) is 4.80. The molecule has 1 fully saturated rings. The zero-order chi connectivity index (χ0) is 19.0. The molecule has 1 aliphatic rings. The summed E-state index contributed by atoms with van der Waals surface area (Å²) in [5, 5.41) is 20.1. The zero-order valence-corrected chi connectivity index (χ0v) is 16.2. The molecule has 1 N–H and O–H groups in total. The minimum Gasteiger partial charge on any atom is -0.477 e. The van der Waals surface area contributed by atoms with Gasteiger partial charge in [-0.1, -0.05) is 13.0 Å². The summed E-state index contributed by atoms with van der Waals surface area (Å²) < 4.78 is 5.43. The van der Waals surface area contributed by atoms with Gasteiger partial charge in [0.05, 0.1) is 19.4 Å². The first kappa shape index (κ1) is 17.9. The van der Waals surface area contributed by atoms with Crippen LogP contribution in [0.4, 0.5) is 5.82 Å². The third kappa shape index (κ3) is 3.17. The van der Waals surface area contributed by atoms with Crippen molar-refractivity contribution in [2.45, 2.75) is 20.3 Å². The average molecular weight is 383 g/mol. The van der Waals surface area contributed by atoms with Crippen LogP contribution in [0.3, 0.4) is 0 Å². The standard InChI is InChI=1S/C20H21N3O3S/c1-3-15-12(2)17(27-18(15)20(24)25)13-4-5-16-14(10-13)11-21-22-19(16)23-6-8-26-9-7-23/h4-5,10-11H,3,6-9H2,1-2H3,(H,24,25). The Labute approximate surface area is 161 Å². The van der Waals surface area contributed by atoms with Crippen LogP contribution in [0.2, 0.25) is 0 Å². The third-order valence-electron chi connectivity index (χ3n) is 5.03. The van der Waals surface area contributed by atoms with Crippen LogP contribution in [0.5, 0.6) is 0 Å². The molecular weight excluding hydrogens is 362 g/mol. The van der Waals surface area contributed by atoms with Gasteiger partial charge >= 0.3 is 5.97 Å². The van der Waals surface area contributed by atoms with Gasteiger partial charge in [0, 0.05) is 28.7 Å². The summed E-state index contributed by atoms with van der Waals surface area (Å²) in [6.07, 6.45) is 2.48. The maximum absolute atomic E-state index is 11.6. The van der Waals surface area contributed by atoms with Crippen molar-refractivity contribution in [2.24, 2.45) is 0 Å². The molecule has 3 aromatic rings. The van der Waals surface area contributed by atoms with Crippen molar-refractivity contribution < 1.29 is 14.6 Å². The fourth-order valence-electron chi connectivity index (χ4n) is 3.64. The number of nitrogens with zero attached hydrogens (tertiary/aromatic N) is 3. The fourth-order valence-corrected chi connectivity index (χ4v) is 4.88.